The number of nitrogens with zero attached hydrogens (tertiary/aromatic N) is 4. The Kier molecular flexibility index (Phi) is 3.13. The van der Waals surface area contributed by atoms with Gasteiger partial charge in [0.1, 0.15) is 0 Å². The summed E-state index contributed by atoms with van der Waals surface area (Å²) >= 11 is 0. The van der Waals surface area contributed by atoms with E-state index in [9.17, 15) is 4.79 Å². The topological polar surface area (TPSA) is 72.7 Å². The summed E-state index contributed by atoms with van der Waals surface area (Å²) in [5, 5.41) is 13.4. The highest BCUT2D eigenvalue weighted by atomic mass is 16.1. The maximum absolute atomic E-state index is 11.8. The second kappa shape index (κ2) is 4.73. The van der Waals surface area contributed by atoms with Gasteiger partial charge in [0.15, 0.2) is 0 Å². The maximum atomic E-state index is 11.8. The number of hydrogen-bond donors (Lipinski definition) is 1. The average molecular weight is 231 g/mol. The van der Waals surface area contributed by atoms with Crippen LogP contribution >= 0.6 is 0 Å². The van der Waals surface area contributed by atoms with Crippen molar-refractivity contribution in [2.45, 2.75) is 13.3 Å². The zero-order chi connectivity index (χ0) is 12.3. The van der Waals surface area contributed by atoms with Gasteiger partial charge in [-0.05, 0) is 34.5 Å². The van der Waals surface area contributed by atoms with E-state index in [0.29, 0.717) is 11.5 Å². The van der Waals surface area contributed by atoms with Crippen LogP contribution in [0.2, 0.25) is 0 Å². The first kappa shape index (κ1) is 11.3. The second-order valence-electron chi connectivity index (χ2n) is 3.63. The highest BCUT2D eigenvalue weighted by molar-refractivity contribution is 6.03. The van der Waals surface area contributed by atoms with Crippen LogP contribution in [0.1, 0.15) is 22.8 Å². The molecule has 88 valence electrons. The predicted molar refractivity (Wildman–Crippen MR) is 62.6 cm³/mol. The Morgan fingerprint density at radius 2 is 2.06 bits per heavy atom. The molecule has 1 amide bonds. The molecular formula is C11H13N5O. The van der Waals surface area contributed by atoms with E-state index in [1.165, 1.54) is 10.2 Å². The molecule has 0 aliphatic rings. The van der Waals surface area contributed by atoms with Crippen LogP contribution in [-0.2, 0) is 13.5 Å². The number of tetrazole rings is 1. The van der Waals surface area contributed by atoms with Crippen LogP contribution < -0.4 is 5.32 Å². The zero-order valence-electron chi connectivity index (χ0n) is 9.71. The van der Waals surface area contributed by atoms with E-state index in [0.717, 1.165) is 6.42 Å². The number of anilines is 1. The van der Waals surface area contributed by atoms with Crippen LogP contribution in [0.25, 0.3) is 0 Å². The van der Waals surface area contributed by atoms with Gasteiger partial charge < -0.3 is 0 Å². The molecule has 0 radical (unpaired) electrons. The summed E-state index contributed by atoms with van der Waals surface area (Å²) in [7, 11) is 1.66. The highest BCUT2D eigenvalue weighted by Gasteiger charge is 2.09. The summed E-state index contributed by atoms with van der Waals surface area (Å²) in [5.41, 5.74) is 1.78. The molecule has 0 aliphatic heterocycles. The molecule has 0 saturated heterocycles. The number of carbonyl (C=O) groups is 1. The first-order valence-corrected chi connectivity index (χ1v) is 5.33. The van der Waals surface area contributed by atoms with E-state index < -0.39 is 0 Å². The van der Waals surface area contributed by atoms with Crippen molar-refractivity contribution in [2.24, 2.45) is 7.05 Å². The minimum atomic E-state index is -0.217. The largest absolute Gasteiger partial charge is 0.289 e. The summed E-state index contributed by atoms with van der Waals surface area (Å²) in [5.74, 6) is 0.111. The quantitative estimate of drug-likeness (QED) is 0.856. The number of benzene rings is 1. The minimum Gasteiger partial charge on any atom is -0.289 e. The monoisotopic (exact) mass is 231 g/mol. The molecule has 2 rings (SSSR count). The molecule has 1 heterocycles. The molecule has 0 atom stereocenters. The Morgan fingerprint density at radius 3 is 2.59 bits per heavy atom. The summed E-state index contributed by atoms with van der Waals surface area (Å²) in [6.07, 6.45) is 0.953. The first-order valence-electron chi connectivity index (χ1n) is 5.33. The van der Waals surface area contributed by atoms with Gasteiger partial charge in [0.05, 0.1) is 0 Å². The molecule has 0 bridgehead atoms. The third-order valence-electron chi connectivity index (χ3n) is 2.47. The van der Waals surface area contributed by atoms with Crippen LogP contribution in [-0.4, -0.2) is 26.1 Å². The number of amides is 1. The lowest BCUT2D eigenvalue weighted by molar-refractivity contribution is 0.102. The molecule has 0 saturated carbocycles. The number of nitrogens with one attached hydrogen (secondary N) is 1. The fraction of sp³-hybridized carbons (Fsp3) is 0.273. The normalized spacial score (nSPS) is 10.2. The lowest BCUT2D eigenvalue weighted by Gasteiger charge is -2.03. The standard InChI is InChI=1S/C11H13N5O/c1-3-8-4-6-9(7-5-8)10(17)12-11-13-14-15-16(11)2/h4-7H,3H2,1-2H3,(H,12,13,15,17). The van der Waals surface area contributed by atoms with E-state index in [1.54, 1.807) is 19.2 Å². The SMILES string of the molecule is CCc1ccc(C(=O)Nc2nnnn2C)cc1. The van der Waals surface area contributed by atoms with Gasteiger partial charge in [-0.15, -0.1) is 0 Å². The van der Waals surface area contributed by atoms with Gasteiger partial charge in [-0.3, -0.25) is 10.1 Å². The van der Waals surface area contributed by atoms with Gasteiger partial charge in [0.2, 0.25) is 5.95 Å². The molecule has 6 heteroatoms. The summed E-state index contributed by atoms with van der Waals surface area (Å²) in [4.78, 5) is 11.8. The van der Waals surface area contributed by atoms with Crippen LogP contribution in [0.15, 0.2) is 24.3 Å². The van der Waals surface area contributed by atoms with Gasteiger partial charge in [-0.1, -0.05) is 24.2 Å². The zero-order valence-corrected chi connectivity index (χ0v) is 9.71. The first-order chi connectivity index (χ1) is 8.20. The van der Waals surface area contributed by atoms with Crippen LogP contribution in [0.4, 0.5) is 5.95 Å². The Balaban J connectivity index is 2.12. The molecule has 0 fully saturated rings. The molecule has 1 aromatic heterocycles. The van der Waals surface area contributed by atoms with Gasteiger partial charge in [-0.2, -0.15) is 0 Å². The summed E-state index contributed by atoms with van der Waals surface area (Å²) in [6.45, 7) is 2.07. The third kappa shape index (κ3) is 2.47. The molecule has 0 aliphatic carbocycles. The Labute approximate surface area is 98.6 Å². The van der Waals surface area contributed by atoms with Crippen molar-refractivity contribution < 1.29 is 4.79 Å². The number of rotatable bonds is 3. The number of aryl methyl sites for hydroxylation is 2. The molecule has 6 nitrogen and oxygen atoms in total. The fourth-order valence-corrected chi connectivity index (χ4v) is 1.40. The number of hydrogen-bond acceptors (Lipinski definition) is 4. The Morgan fingerprint density at radius 1 is 1.35 bits per heavy atom. The van der Waals surface area contributed by atoms with Crippen LogP contribution in [0.3, 0.4) is 0 Å². The molecule has 2 aromatic rings. The lowest BCUT2D eigenvalue weighted by atomic mass is 10.1. The average Bonchev–Trinajstić information content (AvgIpc) is 2.75. The predicted octanol–water partition coefficient (Wildman–Crippen LogP) is 1.02. The van der Waals surface area contributed by atoms with Gasteiger partial charge in [0, 0.05) is 12.6 Å². The highest BCUT2D eigenvalue weighted by Crippen LogP contribution is 2.07. The molecule has 17 heavy (non-hydrogen) atoms. The van der Waals surface area contributed by atoms with E-state index in [4.69, 9.17) is 0 Å². The Bertz CT molecular complexity index is 517. The molecular weight excluding hydrogens is 218 g/mol. The molecule has 0 unspecified atom stereocenters. The van der Waals surface area contributed by atoms with Crippen molar-refractivity contribution in [3.63, 3.8) is 0 Å². The van der Waals surface area contributed by atoms with Crippen molar-refractivity contribution >= 4 is 11.9 Å². The van der Waals surface area contributed by atoms with Gasteiger partial charge in [-0.25, -0.2) is 4.68 Å². The minimum absolute atomic E-state index is 0.217. The van der Waals surface area contributed by atoms with E-state index >= 15 is 0 Å². The van der Waals surface area contributed by atoms with E-state index in [2.05, 4.69) is 27.8 Å². The van der Waals surface area contributed by atoms with Crippen LogP contribution in [0, 0.1) is 0 Å². The summed E-state index contributed by atoms with van der Waals surface area (Å²) in [6, 6.07) is 7.45. The lowest BCUT2D eigenvalue weighted by Crippen LogP contribution is -2.15. The van der Waals surface area contributed by atoms with Crippen molar-refractivity contribution in [2.75, 3.05) is 5.32 Å². The van der Waals surface area contributed by atoms with E-state index in [-0.39, 0.29) is 5.91 Å². The fourth-order valence-electron chi connectivity index (χ4n) is 1.40. The van der Waals surface area contributed by atoms with Crippen molar-refractivity contribution in [1.82, 2.24) is 20.2 Å². The van der Waals surface area contributed by atoms with E-state index in [1.807, 2.05) is 12.1 Å². The third-order valence-corrected chi connectivity index (χ3v) is 2.47. The molecule has 0 spiro atoms. The smallest absolute Gasteiger partial charge is 0.258 e. The molecule has 1 aromatic carbocycles. The van der Waals surface area contributed by atoms with Crippen molar-refractivity contribution in [3.05, 3.63) is 35.4 Å². The number of carbonyl (C=O) groups excluding carboxylic acids is 1. The van der Waals surface area contributed by atoms with Crippen molar-refractivity contribution in [1.29, 1.82) is 0 Å². The summed E-state index contributed by atoms with van der Waals surface area (Å²) < 4.78 is 1.40. The number of aromatic nitrogens is 4. The van der Waals surface area contributed by atoms with Crippen LogP contribution in [0.5, 0.6) is 0 Å². The maximum Gasteiger partial charge on any atom is 0.258 e. The molecule has 1 N–H and O–H groups in total. The van der Waals surface area contributed by atoms with Crippen molar-refractivity contribution in [3.8, 4) is 0 Å². The van der Waals surface area contributed by atoms with Gasteiger partial charge in [0.25, 0.3) is 5.91 Å². The van der Waals surface area contributed by atoms with Gasteiger partial charge >= 0.3 is 0 Å². The second-order valence-corrected chi connectivity index (χ2v) is 3.63. The Hall–Kier alpha value is -2.24.